The van der Waals surface area contributed by atoms with Crippen LogP contribution in [0.15, 0.2) is 231 Å². The van der Waals surface area contributed by atoms with Crippen LogP contribution in [0.2, 0.25) is 0 Å². The van der Waals surface area contributed by atoms with Crippen LogP contribution < -0.4 is 0 Å². The Morgan fingerprint density at radius 1 is 0.219 bits per heavy atom. The molecule has 298 valence electrons. The fraction of sp³-hybridized carbons (Fsp3) is 0. The van der Waals surface area contributed by atoms with Gasteiger partial charge in [0.1, 0.15) is 0 Å². The van der Waals surface area contributed by atoms with Crippen LogP contribution in [0.5, 0.6) is 0 Å². The van der Waals surface area contributed by atoms with Crippen LogP contribution in [0.3, 0.4) is 0 Å². The molecule has 12 aromatic rings. The molecule has 0 bridgehead atoms. The molecule has 4 heteroatoms. The summed E-state index contributed by atoms with van der Waals surface area (Å²) < 4.78 is 0. The number of nitrogens with zero attached hydrogens (tertiary/aromatic N) is 4. The summed E-state index contributed by atoms with van der Waals surface area (Å²) in [5, 5.41) is 7.44. The molecule has 2 heterocycles. The third-order valence-corrected chi connectivity index (χ3v) is 12.2. The second kappa shape index (κ2) is 15.7. The molecule has 10 aromatic carbocycles. The van der Waals surface area contributed by atoms with Crippen molar-refractivity contribution in [3.8, 4) is 90.1 Å². The van der Waals surface area contributed by atoms with Crippen molar-refractivity contribution in [1.82, 2.24) is 19.9 Å². The zero-order valence-corrected chi connectivity index (χ0v) is 34.7. The fourth-order valence-electron chi connectivity index (χ4n) is 9.08. The molecule has 0 aliphatic carbocycles. The minimum absolute atomic E-state index is 0.588. The van der Waals surface area contributed by atoms with Crippen molar-refractivity contribution in [2.75, 3.05) is 0 Å². The van der Waals surface area contributed by atoms with Crippen LogP contribution in [-0.2, 0) is 0 Å². The van der Waals surface area contributed by atoms with E-state index in [1.807, 2.05) is 12.1 Å². The Hall–Kier alpha value is -8.60. The van der Waals surface area contributed by atoms with Gasteiger partial charge in [-0.3, -0.25) is 0 Å². The summed E-state index contributed by atoms with van der Waals surface area (Å²) in [5.41, 5.74) is 13.3. The summed E-state index contributed by atoms with van der Waals surface area (Å²) in [6.07, 6.45) is 0. The molecule has 0 radical (unpaired) electrons. The molecule has 0 spiro atoms. The van der Waals surface area contributed by atoms with E-state index in [0.29, 0.717) is 17.5 Å². The van der Waals surface area contributed by atoms with E-state index in [4.69, 9.17) is 19.9 Å². The molecule has 64 heavy (non-hydrogen) atoms. The largest absolute Gasteiger partial charge is 0.248 e. The highest BCUT2D eigenvalue weighted by molar-refractivity contribution is 6.26. The summed E-state index contributed by atoms with van der Waals surface area (Å²) in [7, 11) is 0. The second-order valence-corrected chi connectivity index (χ2v) is 16.2. The van der Waals surface area contributed by atoms with E-state index >= 15 is 0 Å². The van der Waals surface area contributed by atoms with Gasteiger partial charge in [-0.2, -0.15) is 0 Å². The Balaban J connectivity index is 1.01. The lowest BCUT2D eigenvalue weighted by Crippen LogP contribution is -2.00. The Bertz CT molecular complexity index is 3640. The van der Waals surface area contributed by atoms with Crippen LogP contribution in [0.4, 0.5) is 0 Å². The van der Waals surface area contributed by atoms with Gasteiger partial charge >= 0.3 is 0 Å². The number of hydrogen-bond donors (Lipinski definition) is 0. The fourth-order valence-corrected chi connectivity index (χ4v) is 9.08. The average Bonchev–Trinajstić information content (AvgIpc) is 3.38. The van der Waals surface area contributed by atoms with Gasteiger partial charge in [0.25, 0.3) is 0 Å². The van der Waals surface area contributed by atoms with Crippen molar-refractivity contribution >= 4 is 32.3 Å². The summed E-state index contributed by atoms with van der Waals surface area (Å²) in [6.45, 7) is 0. The first-order valence-corrected chi connectivity index (χ1v) is 21.6. The Morgan fingerprint density at radius 3 is 1.31 bits per heavy atom. The summed E-state index contributed by atoms with van der Waals surface area (Å²) >= 11 is 0. The summed E-state index contributed by atoms with van der Waals surface area (Å²) in [6, 6.07) is 81.1. The lowest BCUT2D eigenvalue weighted by molar-refractivity contribution is 1.07. The number of pyridine rings is 1. The molecular weight excluding hydrogens is 777 g/mol. The molecule has 0 saturated carbocycles. The van der Waals surface area contributed by atoms with Gasteiger partial charge in [-0.25, -0.2) is 19.9 Å². The van der Waals surface area contributed by atoms with Crippen molar-refractivity contribution in [3.05, 3.63) is 231 Å². The highest BCUT2D eigenvalue weighted by atomic mass is 15.0. The van der Waals surface area contributed by atoms with Crippen LogP contribution in [0, 0.1) is 0 Å². The number of benzene rings is 10. The number of aromatic nitrogens is 4. The predicted octanol–water partition coefficient (Wildman–Crippen LogP) is 15.5. The zero-order chi connectivity index (χ0) is 42.4. The van der Waals surface area contributed by atoms with Crippen LogP contribution >= 0.6 is 0 Å². The Morgan fingerprint density at radius 2 is 0.656 bits per heavy atom. The maximum Gasteiger partial charge on any atom is 0.164 e. The van der Waals surface area contributed by atoms with Gasteiger partial charge in [0, 0.05) is 27.8 Å². The van der Waals surface area contributed by atoms with Gasteiger partial charge in [-0.1, -0.05) is 200 Å². The molecule has 0 N–H and O–H groups in total. The van der Waals surface area contributed by atoms with Crippen LogP contribution in [0.25, 0.3) is 122 Å². The number of hydrogen-bond acceptors (Lipinski definition) is 4. The molecule has 0 aliphatic heterocycles. The van der Waals surface area contributed by atoms with Gasteiger partial charge in [-0.05, 0) is 96.0 Å². The third-order valence-electron chi connectivity index (χ3n) is 12.2. The smallest absolute Gasteiger partial charge is 0.164 e. The molecule has 12 rings (SSSR count). The van der Waals surface area contributed by atoms with Gasteiger partial charge in [0.05, 0.1) is 11.4 Å². The van der Waals surface area contributed by atoms with E-state index in [9.17, 15) is 0 Å². The maximum atomic E-state index is 5.49. The highest BCUT2D eigenvalue weighted by Crippen LogP contribution is 2.41. The van der Waals surface area contributed by atoms with Crippen molar-refractivity contribution in [1.29, 1.82) is 0 Å². The minimum Gasteiger partial charge on any atom is -0.248 e. The van der Waals surface area contributed by atoms with Gasteiger partial charge in [0.15, 0.2) is 17.5 Å². The standard InChI is InChI=1S/C60H38N4/c1-4-14-39(15-5-1)42-28-32-45(33-29-42)58-62-59(49-25-11-22-46(34-49)40-16-6-2-7-17-40)64-60(63-58)50-26-12-23-47(35-50)54-37-51(41-18-8-3-9-19-41)38-55(61-54)53-36-48-24-10-20-43-30-31-44-21-13-27-52(53)57(44)56(43)48/h1-38H. The third kappa shape index (κ3) is 6.84. The minimum atomic E-state index is 0.588. The summed E-state index contributed by atoms with van der Waals surface area (Å²) in [5.74, 6) is 1.80. The van der Waals surface area contributed by atoms with Gasteiger partial charge in [0.2, 0.25) is 0 Å². The van der Waals surface area contributed by atoms with E-state index in [2.05, 4.69) is 218 Å². The molecule has 4 nitrogen and oxygen atoms in total. The van der Waals surface area contributed by atoms with Crippen LogP contribution in [0.1, 0.15) is 0 Å². The molecular formula is C60H38N4. The second-order valence-electron chi connectivity index (χ2n) is 16.2. The first kappa shape index (κ1) is 37.2. The average molecular weight is 815 g/mol. The van der Waals surface area contributed by atoms with Crippen molar-refractivity contribution in [2.45, 2.75) is 0 Å². The van der Waals surface area contributed by atoms with Crippen molar-refractivity contribution in [2.24, 2.45) is 0 Å². The van der Waals surface area contributed by atoms with E-state index in [-0.39, 0.29) is 0 Å². The topological polar surface area (TPSA) is 51.6 Å². The normalized spacial score (nSPS) is 11.4. The van der Waals surface area contributed by atoms with Crippen LogP contribution in [-0.4, -0.2) is 19.9 Å². The molecule has 0 atom stereocenters. The van der Waals surface area contributed by atoms with Gasteiger partial charge < -0.3 is 0 Å². The molecule has 0 amide bonds. The highest BCUT2D eigenvalue weighted by Gasteiger charge is 2.18. The van der Waals surface area contributed by atoms with E-state index in [0.717, 1.165) is 72.6 Å². The van der Waals surface area contributed by atoms with Crippen molar-refractivity contribution in [3.63, 3.8) is 0 Å². The predicted molar refractivity (Wildman–Crippen MR) is 265 cm³/mol. The Kier molecular flexibility index (Phi) is 9.12. The summed E-state index contributed by atoms with van der Waals surface area (Å²) in [4.78, 5) is 21.0. The van der Waals surface area contributed by atoms with Gasteiger partial charge in [-0.15, -0.1) is 0 Å². The molecule has 2 aromatic heterocycles. The monoisotopic (exact) mass is 814 g/mol. The quantitative estimate of drug-likeness (QED) is 0.143. The Labute approximate surface area is 371 Å². The first-order chi connectivity index (χ1) is 31.7. The SMILES string of the molecule is c1ccc(-c2ccc(-c3nc(-c4cccc(-c5ccccc5)c4)nc(-c4cccc(-c5cc(-c6ccccc6)cc(-c6cc7cccc8ccc9cccc6c9c87)n5)c4)n3)cc2)cc1. The number of rotatable bonds is 8. The lowest BCUT2D eigenvalue weighted by atomic mass is 9.89. The van der Waals surface area contributed by atoms with E-state index in [1.165, 1.54) is 32.3 Å². The van der Waals surface area contributed by atoms with E-state index < -0.39 is 0 Å². The van der Waals surface area contributed by atoms with Crippen molar-refractivity contribution < 1.29 is 0 Å². The maximum absolute atomic E-state index is 5.49. The first-order valence-electron chi connectivity index (χ1n) is 21.6. The lowest BCUT2D eigenvalue weighted by Gasteiger charge is -2.16. The molecule has 0 fully saturated rings. The van der Waals surface area contributed by atoms with E-state index in [1.54, 1.807) is 0 Å². The molecule has 0 aliphatic rings. The molecule has 0 unspecified atom stereocenters. The zero-order valence-electron chi connectivity index (χ0n) is 34.7. The molecule has 0 saturated heterocycles.